The van der Waals surface area contributed by atoms with Crippen molar-refractivity contribution in [1.29, 1.82) is 0 Å². The highest BCUT2D eigenvalue weighted by Crippen LogP contribution is 2.19. The maximum Gasteiger partial charge on any atom is 0.244 e. The summed E-state index contributed by atoms with van der Waals surface area (Å²) in [7, 11) is 0. The molecular weight excluding hydrogens is 416 g/mol. The van der Waals surface area contributed by atoms with Gasteiger partial charge in [0.2, 0.25) is 17.7 Å². The normalized spacial score (nSPS) is 13.9. The predicted octanol–water partition coefficient (Wildman–Crippen LogP) is 2.78. The Hall–Kier alpha value is -3.32. The molecule has 8 heteroatoms. The zero-order valence-corrected chi connectivity index (χ0v) is 18.1. The van der Waals surface area contributed by atoms with Gasteiger partial charge in [-0.1, -0.05) is 23.7 Å². The molecule has 3 rings (SSSR count). The summed E-state index contributed by atoms with van der Waals surface area (Å²) in [5.74, 6) is -0.574. The summed E-state index contributed by atoms with van der Waals surface area (Å²) in [4.78, 5) is 39.4. The number of nitrogens with one attached hydrogen (secondary N) is 2. The Morgan fingerprint density at radius 2 is 1.61 bits per heavy atom. The van der Waals surface area contributed by atoms with Gasteiger partial charge < -0.3 is 20.4 Å². The van der Waals surface area contributed by atoms with Gasteiger partial charge in [0.15, 0.2) is 0 Å². The molecule has 0 unspecified atom stereocenters. The minimum atomic E-state index is -0.334. The summed E-state index contributed by atoms with van der Waals surface area (Å²) >= 11 is 5.93. The lowest BCUT2D eigenvalue weighted by atomic mass is 10.2. The molecule has 0 bridgehead atoms. The molecule has 0 atom stereocenters. The highest BCUT2D eigenvalue weighted by atomic mass is 35.5. The zero-order valence-electron chi connectivity index (χ0n) is 17.3. The molecule has 2 N–H and O–H groups in total. The number of carbonyl (C=O) groups is 3. The van der Waals surface area contributed by atoms with Crippen LogP contribution in [0.2, 0.25) is 5.02 Å². The fraction of sp³-hybridized carbons (Fsp3) is 0.261. The van der Waals surface area contributed by atoms with Crippen LogP contribution in [0.1, 0.15) is 12.5 Å². The number of amides is 3. The van der Waals surface area contributed by atoms with Crippen molar-refractivity contribution in [1.82, 2.24) is 10.2 Å². The number of benzene rings is 2. The van der Waals surface area contributed by atoms with E-state index in [9.17, 15) is 14.4 Å². The summed E-state index contributed by atoms with van der Waals surface area (Å²) in [6, 6.07) is 14.8. The largest absolute Gasteiger partial charge is 0.368 e. The van der Waals surface area contributed by atoms with E-state index >= 15 is 0 Å². The average Bonchev–Trinajstić information content (AvgIpc) is 2.77. The van der Waals surface area contributed by atoms with Gasteiger partial charge in [0.05, 0.1) is 6.54 Å². The molecular formula is C23H25ClN4O3. The smallest absolute Gasteiger partial charge is 0.244 e. The SMILES string of the molecule is CC(=O)Nc1ccc(/C=C/C(=O)NCC(=O)N2CCN(c3ccc(Cl)cc3)CC2)cc1. The van der Waals surface area contributed by atoms with Crippen LogP contribution in [0, 0.1) is 0 Å². The van der Waals surface area contributed by atoms with Crippen LogP contribution >= 0.6 is 11.6 Å². The third-order valence-electron chi connectivity index (χ3n) is 4.90. The summed E-state index contributed by atoms with van der Waals surface area (Å²) in [6.07, 6.45) is 3.04. The zero-order chi connectivity index (χ0) is 22.2. The van der Waals surface area contributed by atoms with E-state index in [2.05, 4.69) is 15.5 Å². The molecule has 31 heavy (non-hydrogen) atoms. The van der Waals surface area contributed by atoms with Crippen LogP contribution in [-0.2, 0) is 14.4 Å². The standard InChI is InChI=1S/C23H25ClN4O3/c1-17(29)26-20-7-2-18(3-8-20)4-11-22(30)25-16-23(31)28-14-12-27(13-15-28)21-9-5-19(24)6-10-21/h2-11H,12-16H2,1H3,(H,25,30)(H,26,29)/b11-4+. The van der Waals surface area contributed by atoms with Crippen molar-refractivity contribution in [2.24, 2.45) is 0 Å². The number of carbonyl (C=O) groups excluding carboxylic acids is 3. The van der Waals surface area contributed by atoms with Crippen LogP contribution in [0.5, 0.6) is 0 Å². The van der Waals surface area contributed by atoms with Crippen molar-refractivity contribution < 1.29 is 14.4 Å². The lowest BCUT2D eigenvalue weighted by Gasteiger charge is -2.36. The Bertz CT molecular complexity index is 950. The van der Waals surface area contributed by atoms with Crippen LogP contribution in [0.3, 0.4) is 0 Å². The Labute approximate surface area is 186 Å². The Morgan fingerprint density at radius 3 is 2.23 bits per heavy atom. The fourth-order valence-electron chi connectivity index (χ4n) is 3.25. The third-order valence-corrected chi connectivity index (χ3v) is 5.15. The van der Waals surface area contributed by atoms with E-state index in [4.69, 9.17) is 11.6 Å². The second-order valence-corrected chi connectivity index (χ2v) is 7.64. The Balaban J connectivity index is 1.41. The van der Waals surface area contributed by atoms with Crippen molar-refractivity contribution in [2.75, 3.05) is 42.9 Å². The molecule has 2 aromatic rings. The quantitative estimate of drug-likeness (QED) is 0.677. The third kappa shape index (κ3) is 6.86. The van der Waals surface area contributed by atoms with Crippen molar-refractivity contribution in [2.45, 2.75) is 6.92 Å². The lowest BCUT2D eigenvalue weighted by molar-refractivity contribution is -0.132. The van der Waals surface area contributed by atoms with E-state index < -0.39 is 0 Å². The summed E-state index contributed by atoms with van der Waals surface area (Å²) < 4.78 is 0. The molecule has 0 aliphatic carbocycles. The fourth-order valence-corrected chi connectivity index (χ4v) is 3.38. The van der Waals surface area contributed by atoms with Crippen molar-refractivity contribution in [3.63, 3.8) is 0 Å². The minimum Gasteiger partial charge on any atom is -0.368 e. The molecule has 1 aliphatic rings. The van der Waals surface area contributed by atoms with Gasteiger partial charge in [-0.15, -0.1) is 0 Å². The van der Waals surface area contributed by atoms with Gasteiger partial charge in [0.1, 0.15) is 0 Å². The van der Waals surface area contributed by atoms with Gasteiger partial charge in [-0.05, 0) is 48.0 Å². The molecule has 1 saturated heterocycles. The molecule has 0 spiro atoms. The second-order valence-electron chi connectivity index (χ2n) is 7.20. The number of nitrogens with zero attached hydrogens (tertiary/aromatic N) is 2. The molecule has 1 heterocycles. The number of hydrogen-bond donors (Lipinski definition) is 2. The molecule has 1 fully saturated rings. The van der Waals surface area contributed by atoms with Crippen LogP contribution in [0.15, 0.2) is 54.6 Å². The molecule has 2 aromatic carbocycles. The number of anilines is 2. The topological polar surface area (TPSA) is 81.8 Å². The minimum absolute atomic E-state index is 0.0361. The molecule has 3 amide bonds. The van der Waals surface area contributed by atoms with Gasteiger partial charge in [0, 0.05) is 55.6 Å². The molecule has 0 radical (unpaired) electrons. The number of piperazine rings is 1. The Kier molecular flexibility index (Phi) is 7.67. The summed E-state index contributed by atoms with van der Waals surface area (Å²) in [5, 5.41) is 6.02. The second kappa shape index (κ2) is 10.6. The van der Waals surface area contributed by atoms with Gasteiger partial charge in [-0.2, -0.15) is 0 Å². The number of hydrogen-bond acceptors (Lipinski definition) is 4. The summed E-state index contributed by atoms with van der Waals surface area (Å²) in [5.41, 5.74) is 2.59. The van der Waals surface area contributed by atoms with Crippen LogP contribution in [-0.4, -0.2) is 55.3 Å². The first-order chi connectivity index (χ1) is 14.9. The number of halogens is 1. The van der Waals surface area contributed by atoms with Crippen LogP contribution in [0.25, 0.3) is 6.08 Å². The van der Waals surface area contributed by atoms with Gasteiger partial charge in [0.25, 0.3) is 0 Å². The van der Waals surface area contributed by atoms with E-state index in [0.29, 0.717) is 23.8 Å². The monoisotopic (exact) mass is 440 g/mol. The molecule has 7 nitrogen and oxygen atoms in total. The maximum absolute atomic E-state index is 12.4. The van der Waals surface area contributed by atoms with Gasteiger partial charge >= 0.3 is 0 Å². The highest BCUT2D eigenvalue weighted by molar-refractivity contribution is 6.30. The van der Waals surface area contributed by atoms with E-state index in [0.717, 1.165) is 24.3 Å². The first-order valence-electron chi connectivity index (χ1n) is 10.0. The van der Waals surface area contributed by atoms with Crippen LogP contribution < -0.4 is 15.5 Å². The predicted molar refractivity (Wildman–Crippen MR) is 123 cm³/mol. The summed E-state index contributed by atoms with van der Waals surface area (Å²) in [6.45, 7) is 4.08. The highest BCUT2D eigenvalue weighted by Gasteiger charge is 2.21. The van der Waals surface area contributed by atoms with Gasteiger partial charge in [-0.25, -0.2) is 0 Å². The maximum atomic E-state index is 12.4. The van der Waals surface area contributed by atoms with E-state index in [1.165, 1.54) is 13.0 Å². The van der Waals surface area contributed by atoms with E-state index in [1.807, 2.05) is 24.3 Å². The van der Waals surface area contributed by atoms with Crippen molar-refractivity contribution in [3.8, 4) is 0 Å². The lowest BCUT2D eigenvalue weighted by Crippen LogP contribution is -2.51. The van der Waals surface area contributed by atoms with Crippen molar-refractivity contribution >= 4 is 46.8 Å². The average molecular weight is 441 g/mol. The molecule has 0 saturated carbocycles. The first kappa shape index (κ1) is 22.4. The van der Waals surface area contributed by atoms with E-state index in [-0.39, 0.29) is 24.3 Å². The molecule has 1 aliphatic heterocycles. The van der Waals surface area contributed by atoms with E-state index in [1.54, 1.807) is 35.2 Å². The first-order valence-corrected chi connectivity index (χ1v) is 10.4. The van der Waals surface area contributed by atoms with Crippen molar-refractivity contribution in [3.05, 3.63) is 65.2 Å². The molecule has 162 valence electrons. The van der Waals surface area contributed by atoms with Crippen LogP contribution in [0.4, 0.5) is 11.4 Å². The van der Waals surface area contributed by atoms with Gasteiger partial charge in [-0.3, -0.25) is 14.4 Å². The number of rotatable bonds is 6. The Morgan fingerprint density at radius 1 is 0.968 bits per heavy atom. The molecule has 0 aromatic heterocycles.